The molecule has 0 amide bonds. The van der Waals surface area contributed by atoms with Crippen molar-refractivity contribution < 1.29 is 14.6 Å². The fourth-order valence-electron chi connectivity index (χ4n) is 1.00. The minimum Gasteiger partial charge on any atom is -0.494 e. The molecule has 0 bridgehead atoms. The Balaban J connectivity index is 2.55. The van der Waals surface area contributed by atoms with E-state index in [1.165, 1.54) is 12.2 Å². The molecule has 1 aliphatic rings. The van der Waals surface area contributed by atoms with Crippen molar-refractivity contribution >= 4 is 17.5 Å². The van der Waals surface area contributed by atoms with Crippen LogP contribution in [0.1, 0.15) is 6.42 Å². The van der Waals surface area contributed by atoms with Crippen molar-refractivity contribution in [3.05, 3.63) is 29.6 Å². The predicted octanol–water partition coefficient (Wildman–Crippen LogP) is 1.20. The predicted molar refractivity (Wildman–Crippen MR) is 53.7 cm³/mol. The molecule has 76 valence electrons. The van der Waals surface area contributed by atoms with Gasteiger partial charge in [0.15, 0.2) is 0 Å². The normalized spacial score (nSPS) is 20.3. The molecule has 0 aromatic heterocycles. The Labute approximate surface area is 87.3 Å². The van der Waals surface area contributed by atoms with E-state index in [2.05, 4.69) is 0 Å². The van der Waals surface area contributed by atoms with E-state index in [1.54, 1.807) is 12.0 Å². The van der Waals surface area contributed by atoms with E-state index >= 15 is 0 Å². The van der Waals surface area contributed by atoms with Gasteiger partial charge in [0.05, 0.1) is 12.2 Å². The number of hydrogen-bond acceptors (Lipinski definition) is 3. The molecular formula is C10H11ClO3. The second-order valence-electron chi connectivity index (χ2n) is 2.80. The highest BCUT2D eigenvalue weighted by Crippen LogP contribution is 2.15. The van der Waals surface area contributed by atoms with Crippen LogP contribution >= 0.6 is 11.6 Å². The van der Waals surface area contributed by atoms with Crippen molar-refractivity contribution in [2.75, 3.05) is 12.5 Å². The highest BCUT2D eigenvalue weighted by atomic mass is 35.5. The van der Waals surface area contributed by atoms with Crippen LogP contribution in [0.25, 0.3) is 0 Å². The number of ether oxygens (including phenoxy) is 1. The van der Waals surface area contributed by atoms with E-state index in [1.807, 2.05) is 0 Å². The van der Waals surface area contributed by atoms with Gasteiger partial charge >= 0.3 is 0 Å². The van der Waals surface area contributed by atoms with Crippen molar-refractivity contribution in [2.24, 2.45) is 0 Å². The molecule has 0 aromatic carbocycles. The zero-order valence-corrected chi connectivity index (χ0v) is 8.33. The van der Waals surface area contributed by atoms with Crippen LogP contribution in [0, 0.1) is 0 Å². The van der Waals surface area contributed by atoms with Gasteiger partial charge in [-0.05, 0) is 24.6 Å². The molecule has 0 saturated heterocycles. The summed E-state index contributed by atoms with van der Waals surface area (Å²) in [7, 11) is 0. The highest BCUT2D eigenvalue weighted by Gasteiger charge is 2.12. The number of carbonyl (C=O) groups excluding carboxylic acids is 1. The first-order valence-electron chi connectivity index (χ1n) is 4.29. The highest BCUT2D eigenvalue weighted by molar-refractivity contribution is 6.17. The van der Waals surface area contributed by atoms with E-state index in [4.69, 9.17) is 16.3 Å². The topological polar surface area (TPSA) is 46.5 Å². The molecule has 0 heterocycles. The zero-order valence-electron chi connectivity index (χ0n) is 7.57. The number of allylic oxidation sites excluding steroid dienone is 1. The maximum absolute atomic E-state index is 10.4. The van der Waals surface area contributed by atoms with Gasteiger partial charge in [-0.15, -0.1) is 11.6 Å². The van der Waals surface area contributed by atoms with E-state index < -0.39 is 6.10 Å². The quantitative estimate of drug-likeness (QED) is 0.435. The molecule has 0 fully saturated rings. The first-order chi connectivity index (χ1) is 6.77. The molecule has 1 aliphatic carbocycles. The molecule has 3 nitrogen and oxygen atoms in total. The average Bonchev–Trinajstić information content (AvgIpc) is 2.21. The van der Waals surface area contributed by atoms with E-state index in [0.717, 1.165) is 6.42 Å². The zero-order chi connectivity index (χ0) is 10.4. The third kappa shape index (κ3) is 3.04. The summed E-state index contributed by atoms with van der Waals surface area (Å²) in [5.41, 5.74) is 0.188. The van der Waals surface area contributed by atoms with Crippen molar-refractivity contribution in [1.82, 2.24) is 0 Å². The van der Waals surface area contributed by atoms with Gasteiger partial charge in [0, 0.05) is 5.88 Å². The fraction of sp³-hybridized carbons (Fsp3) is 0.400. The molecule has 0 aromatic rings. The summed E-state index contributed by atoms with van der Waals surface area (Å²) in [6.07, 6.45) is 4.46. The number of halogens is 1. The van der Waals surface area contributed by atoms with Crippen LogP contribution in [0.4, 0.5) is 0 Å². The maximum atomic E-state index is 10.4. The Hall–Kier alpha value is -1.02. The first-order valence-corrected chi connectivity index (χ1v) is 4.83. The number of aliphatic hydroxyl groups is 1. The summed E-state index contributed by atoms with van der Waals surface area (Å²) >= 11 is 5.47. The smallest absolute Gasteiger partial charge is 0.131 e. The third-order valence-corrected chi connectivity index (χ3v) is 1.99. The SMILES string of the molecule is O=C=C1C=C(OCCCCl)C=CC1O. The second-order valence-corrected chi connectivity index (χ2v) is 3.18. The minimum absolute atomic E-state index is 0.188. The molecule has 0 spiro atoms. The van der Waals surface area contributed by atoms with Gasteiger partial charge in [0.25, 0.3) is 0 Å². The van der Waals surface area contributed by atoms with Crippen LogP contribution in [-0.4, -0.2) is 29.6 Å². The number of alkyl halides is 1. The summed E-state index contributed by atoms with van der Waals surface area (Å²) in [5.74, 6) is 2.75. The maximum Gasteiger partial charge on any atom is 0.131 e. The monoisotopic (exact) mass is 214 g/mol. The number of aliphatic hydroxyl groups excluding tert-OH is 1. The lowest BCUT2D eigenvalue weighted by molar-refractivity contribution is 0.217. The Kier molecular flexibility index (Phi) is 4.47. The van der Waals surface area contributed by atoms with Gasteiger partial charge in [-0.1, -0.05) is 0 Å². The molecule has 0 radical (unpaired) electrons. The van der Waals surface area contributed by atoms with Crippen molar-refractivity contribution in [3.63, 3.8) is 0 Å². The molecule has 0 saturated carbocycles. The van der Waals surface area contributed by atoms with E-state index in [-0.39, 0.29) is 5.57 Å². The number of hydrogen-bond donors (Lipinski definition) is 1. The first kappa shape index (κ1) is 11.1. The van der Waals surface area contributed by atoms with Crippen LogP contribution in [0.15, 0.2) is 29.6 Å². The molecule has 1 atom stereocenters. The average molecular weight is 215 g/mol. The summed E-state index contributed by atoms with van der Waals surface area (Å²) in [6.45, 7) is 0.502. The summed E-state index contributed by atoms with van der Waals surface area (Å²) in [6, 6.07) is 0. The number of rotatable bonds is 4. The summed E-state index contributed by atoms with van der Waals surface area (Å²) < 4.78 is 5.28. The van der Waals surface area contributed by atoms with Crippen LogP contribution in [-0.2, 0) is 9.53 Å². The van der Waals surface area contributed by atoms with Crippen molar-refractivity contribution in [3.8, 4) is 0 Å². The van der Waals surface area contributed by atoms with Crippen molar-refractivity contribution in [1.29, 1.82) is 0 Å². The minimum atomic E-state index is -0.868. The van der Waals surface area contributed by atoms with Gasteiger partial charge in [0.1, 0.15) is 17.8 Å². The molecule has 1 N–H and O–H groups in total. The lowest BCUT2D eigenvalue weighted by atomic mass is 10.1. The Morgan fingerprint density at radius 1 is 1.64 bits per heavy atom. The fourth-order valence-corrected chi connectivity index (χ4v) is 1.11. The van der Waals surface area contributed by atoms with Gasteiger partial charge in [-0.25, -0.2) is 4.79 Å². The van der Waals surface area contributed by atoms with Gasteiger partial charge < -0.3 is 9.84 Å². The van der Waals surface area contributed by atoms with Crippen LogP contribution in [0.5, 0.6) is 0 Å². The molecule has 0 aliphatic heterocycles. The van der Waals surface area contributed by atoms with Crippen LogP contribution in [0.3, 0.4) is 0 Å². The van der Waals surface area contributed by atoms with Crippen molar-refractivity contribution in [2.45, 2.75) is 12.5 Å². The Morgan fingerprint density at radius 3 is 3.07 bits per heavy atom. The van der Waals surface area contributed by atoms with Gasteiger partial charge in [0.2, 0.25) is 0 Å². The standard InChI is InChI=1S/C10H11ClO3/c11-4-1-5-14-9-2-3-10(13)8(6-9)7-12/h2-3,6,10,13H,1,4-5H2. The summed E-state index contributed by atoms with van der Waals surface area (Å²) in [4.78, 5) is 10.4. The Bertz CT molecular complexity index is 300. The molecule has 14 heavy (non-hydrogen) atoms. The largest absolute Gasteiger partial charge is 0.494 e. The molecule has 4 heteroatoms. The third-order valence-electron chi connectivity index (χ3n) is 1.72. The Morgan fingerprint density at radius 2 is 2.43 bits per heavy atom. The molecule has 1 rings (SSSR count). The van der Waals surface area contributed by atoms with Crippen LogP contribution in [0.2, 0.25) is 0 Å². The van der Waals surface area contributed by atoms with Crippen LogP contribution < -0.4 is 0 Å². The van der Waals surface area contributed by atoms with Gasteiger partial charge in [-0.2, -0.15) is 0 Å². The molecular weight excluding hydrogens is 204 g/mol. The van der Waals surface area contributed by atoms with E-state index in [0.29, 0.717) is 18.2 Å². The van der Waals surface area contributed by atoms with E-state index in [9.17, 15) is 9.90 Å². The lowest BCUT2D eigenvalue weighted by Gasteiger charge is -2.12. The van der Waals surface area contributed by atoms with Gasteiger partial charge in [-0.3, -0.25) is 0 Å². The summed E-state index contributed by atoms with van der Waals surface area (Å²) in [5, 5.41) is 9.25. The lowest BCUT2D eigenvalue weighted by Crippen LogP contribution is -2.10. The second kappa shape index (κ2) is 5.66. The molecule has 1 unspecified atom stereocenters.